The molecular weight excluding hydrogens is 258 g/mol. The minimum atomic E-state index is -3.51. The Hall–Kier alpha value is -0.870. The molecule has 4 heteroatoms. The van der Waals surface area contributed by atoms with E-state index in [2.05, 4.69) is 0 Å². The topological polar surface area (TPSA) is 37.4 Å². The van der Waals surface area contributed by atoms with Gasteiger partial charge in [0.15, 0.2) is 0 Å². The minimum Gasteiger partial charge on any atom is -0.207 e. The van der Waals surface area contributed by atoms with Gasteiger partial charge in [-0.25, -0.2) is 8.42 Å². The van der Waals surface area contributed by atoms with Crippen LogP contribution in [0.4, 0.5) is 0 Å². The Kier molecular flexibility index (Phi) is 4.18. The molecule has 0 radical (unpaired) electrons. The molecule has 0 saturated carbocycles. The predicted molar refractivity (Wildman–Crippen MR) is 79.7 cm³/mol. The second-order valence-corrected chi connectivity index (χ2v) is 8.63. The van der Waals surface area contributed by atoms with Crippen LogP contribution in [0.15, 0.2) is 29.2 Å². The molecule has 1 aromatic rings. The average molecular weight is 283 g/mol. The van der Waals surface area contributed by atoms with Gasteiger partial charge in [-0.3, -0.25) is 0 Å². The number of aryl methyl sites for hydroxylation is 1. The molecule has 1 rings (SSSR count). The van der Waals surface area contributed by atoms with Crippen molar-refractivity contribution in [2.45, 2.75) is 64.4 Å². The molecule has 0 aliphatic carbocycles. The average Bonchev–Trinajstić information content (AvgIpc) is 2.11. The van der Waals surface area contributed by atoms with Gasteiger partial charge in [0.25, 0.3) is 0 Å². The van der Waals surface area contributed by atoms with E-state index in [1.165, 1.54) is 0 Å². The first kappa shape index (κ1) is 16.2. The second-order valence-electron chi connectivity index (χ2n) is 6.88. The van der Waals surface area contributed by atoms with Gasteiger partial charge in [0.2, 0.25) is 10.0 Å². The fourth-order valence-electron chi connectivity index (χ4n) is 2.67. The Morgan fingerprint density at radius 2 is 1.32 bits per heavy atom. The number of hydrogen-bond acceptors (Lipinski definition) is 2. The van der Waals surface area contributed by atoms with Crippen molar-refractivity contribution >= 4 is 10.0 Å². The minimum absolute atomic E-state index is 0.389. The Balaban J connectivity index is 3.51. The van der Waals surface area contributed by atoms with Crippen molar-refractivity contribution in [3.63, 3.8) is 0 Å². The lowest BCUT2D eigenvalue weighted by molar-refractivity contribution is 0.140. The van der Waals surface area contributed by atoms with Crippen LogP contribution in [0.3, 0.4) is 0 Å². The highest BCUT2D eigenvalue weighted by Crippen LogP contribution is 2.33. The maximum absolute atomic E-state index is 13.0. The fourth-order valence-corrected chi connectivity index (χ4v) is 5.04. The van der Waals surface area contributed by atoms with Gasteiger partial charge in [-0.2, -0.15) is 4.31 Å². The van der Waals surface area contributed by atoms with Crippen molar-refractivity contribution in [2.75, 3.05) is 0 Å². The Morgan fingerprint density at radius 1 is 0.895 bits per heavy atom. The molecule has 0 amide bonds. The number of sulfonamides is 1. The molecule has 0 aromatic heterocycles. The van der Waals surface area contributed by atoms with Crippen molar-refractivity contribution in [1.29, 1.82) is 0 Å². The summed E-state index contributed by atoms with van der Waals surface area (Å²) >= 11 is 0. The zero-order chi connectivity index (χ0) is 15.1. The summed E-state index contributed by atoms with van der Waals surface area (Å²) in [5.74, 6) is 0. The quantitative estimate of drug-likeness (QED) is 0.832. The van der Waals surface area contributed by atoms with Crippen LogP contribution in [-0.2, 0) is 10.0 Å². The van der Waals surface area contributed by atoms with E-state index < -0.39 is 21.1 Å². The zero-order valence-electron chi connectivity index (χ0n) is 13.0. The SMILES string of the molecule is Cc1ccccc1S(=O)(=O)N(C(C)(C)C)C(C)(C)C. The van der Waals surface area contributed by atoms with Gasteiger partial charge < -0.3 is 0 Å². The molecule has 0 aliphatic heterocycles. The van der Waals surface area contributed by atoms with Gasteiger partial charge in [-0.1, -0.05) is 18.2 Å². The van der Waals surface area contributed by atoms with Gasteiger partial charge in [0, 0.05) is 11.1 Å². The van der Waals surface area contributed by atoms with Crippen LogP contribution in [0, 0.1) is 6.92 Å². The first-order valence-corrected chi connectivity index (χ1v) is 7.93. The number of rotatable bonds is 2. The smallest absolute Gasteiger partial charge is 0.207 e. The summed E-state index contributed by atoms with van der Waals surface area (Å²) < 4.78 is 27.5. The van der Waals surface area contributed by atoms with E-state index in [-0.39, 0.29) is 0 Å². The molecule has 19 heavy (non-hydrogen) atoms. The van der Waals surface area contributed by atoms with Crippen LogP contribution in [-0.4, -0.2) is 23.8 Å². The molecule has 0 fully saturated rings. The summed E-state index contributed by atoms with van der Waals surface area (Å²) in [6.45, 7) is 13.4. The van der Waals surface area contributed by atoms with Gasteiger partial charge in [-0.05, 0) is 60.1 Å². The summed E-state index contributed by atoms with van der Waals surface area (Å²) in [6, 6.07) is 7.13. The van der Waals surface area contributed by atoms with E-state index in [9.17, 15) is 8.42 Å². The molecule has 0 unspecified atom stereocenters. The van der Waals surface area contributed by atoms with Gasteiger partial charge in [0.05, 0.1) is 4.90 Å². The van der Waals surface area contributed by atoms with Crippen LogP contribution in [0.5, 0.6) is 0 Å². The van der Waals surface area contributed by atoms with E-state index >= 15 is 0 Å². The molecule has 0 saturated heterocycles. The predicted octanol–water partition coefficient (Wildman–Crippen LogP) is 3.58. The van der Waals surface area contributed by atoms with Gasteiger partial charge in [-0.15, -0.1) is 0 Å². The number of hydrogen-bond donors (Lipinski definition) is 0. The molecular formula is C15H25NO2S. The lowest BCUT2D eigenvalue weighted by Crippen LogP contribution is -2.55. The van der Waals surface area contributed by atoms with Crippen LogP contribution in [0.1, 0.15) is 47.1 Å². The van der Waals surface area contributed by atoms with Gasteiger partial charge >= 0.3 is 0 Å². The molecule has 0 aliphatic rings. The standard InChI is InChI=1S/C15H25NO2S/c1-12-10-8-9-11-13(12)19(17,18)16(14(2,3)4)15(5,6)7/h8-11H,1-7H3. The van der Waals surface area contributed by atoms with Crippen LogP contribution in [0.2, 0.25) is 0 Å². The largest absolute Gasteiger partial charge is 0.244 e. The van der Waals surface area contributed by atoms with Crippen molar-refractivity contribution in [1.82, 2.24) is 4.31 Å². The van der Waals surface area contributed by atoms with E-state index in [1.807, 2.05) is 60.6 Å². The van der Waals surface area contributed by atoms with Crippen LogP contribution < -0.4 is 0 Å². The maximum Gasteiger partial charge on any atom is 0.244 e. The fraction of sp³-hybridized carbons (Fsp3) is 0.600. The van der Waals surface area contributed by atoms with E-state index in [0.717, 1.165) is 5.56 Å². The maximum atomic E-state index is 13.0. The van der Waals surface area contributed by atoms with E-state index in [1.54, 1.807) is 16.4 Å². The Labute approximate surface area is 117 Å². The third-order valence-corrected chi connectivity index (χ3v) is 5.42. The monoisotopic (exact) mass is 283 g/mol. The van der Waals surface area contributed by atoms with E-state index in [0.29, 0.717) is 4.90 Å². The molecule has 0 N–H and O–H groups in total. The lowest BCUT2D eigenvalue weighted by Gasteiger charge is -2.44. The zero-order valence-corrected chi connectivity index (χ0v) is 13.8. The molecule has 0 heterocycles. The molecule has 0 bridgehead atoms. The first-order valence-electron chi connectivity index (χ1n) is 6.49. The van der Waals surface area contributed by atoms with Crippen LogP contribution >= 0.6 is 0 Å². The van der Waals surface area contributed by atoms with Crippen molar-refractivity contribution in [3.8, 4) is 0 Å². The van der Waals surface area contributed by atoms with Crippen molar-refractivity contribution in [3.05, 3.63) is 29.8 Å². The summed E-state index contributed by atoms with van der Waals surface area (Å²) in [5.41, 5.74) is -0.167. The third kappa shape index (κ3) is 3.37. The molecule has 1 aromatic carbocycles. The second kappa shape index (κ2) is 4.91. The normalized spacial score (nSPS) is 13.9. The summed E-state index contributed by atoms with van der Waals surface area (Å²) in [7, 11) is -3.51. The highest BCUT2D eigenvalue weighted by Gasteiger charge is 2.42. The van der Waals surface area contributed by atoms with Crippen molar-refractivity contribution in [2.24, 2.45) is 0 Å². The number of benzene rings is 1. The Morgan fingerprint density at radius 3 is 1.68 bits per heavy atom. The molecule has 3 nitrogen and oxygen atoms in total. The Bertz CT molecular complexity index is 534. The third-order valence-electron chi connectivity index (χ3n) is 2.83. The first-order chi connectivity index (χ1) is 8.38. The summed E-state index contributed by atoms with van der Waals surface area (Å²) in [4.78, 5) is 0.389. The van der Waals surface area contributed by atoms with Gasteiger partial charge in [0.1, 0.15) is 0 Å². The van der Waals surface area contributed by atoms with Crippen LogP contribution in [0.25, 0.3) is 0 Å². The highest BCUT2D eigenvalue weighted by atomic mass is 32.2. The molecule has 0 spiro atoms. The highest BCUT2D eigenvalue weighted by molar-refractivity contribution is 7.89. The lowest BCUT2D eigenvalue weighted by atomic mass is 10.0. The number of nitrogens with zero attached hydrogens (tertiary/aromatic N) is 1. The molecule has 0 atom stereocenters. The van der Waals surface area contributed by atoms with E-state index in [4.69, 9.17) is 0 Å². The summed E-state index contributed by atoms with van der Waals surface area (Å²) in [6.07, 6.45) is 0. The molecule has 108 valence electrons. The summed E-state index contributed by atoms with van der Waals surface area (Å²) in [5, 5.41) is 0. The van der Waals surface area contributed by atoms with Crippen molar-refractivity contribution < 1.29 is 8.42 Å².